The van der Waals surface area contributed by atoms with Gasteiger partial charge in [-0.1, -0.05) is 13.8 Å². The van der Waals surface area contributed by atoms with Gasteiger partial charge < -0.3 is 15.2 Å². The molecule has 0 amide bonds. The first kappa shape index (κ1) is 15.6. The Bertz CT molecular complexity index is 393. The van der Waals surface area contributed by atoms with Crippen molar-refractivity contribution in [3.8, 4) is 0 Å². The summed E-state index contributed by atoms with van der Waals surface area (Å²) in [6.45, 7) is 7.53. The van der Waals surface area contributed by atoms with Gasteiger partial charge in [-0.15, -0.1) is 0 Å². The van der Waals surface area contributed by atoms with Crippen LogP contribution in [-0.2, 0) is 13.6 Å². The molecule has 1 unspecified atom stereocenters. The zero-order chi connectivity index (χ0) is 14.3. The number of hydrogen-bond acceptors (Lipinski definition) is 1. The van der Waals surface area contributed by atoms with Crippen LogP contribution < -0.4 is 10.6 Å². The molecule has 0 aliphatic rings. The largest absolute Gasteiger partial charge is 0.357 e. The van der Waals surface area contributed by atoms with Gasteiger partial charge in [-0.3, -0.25) is 4.99 Å². The van der Waals surface area contributed by atoms with Gasteiger partial charge in [0.1, 0.15) is 0 Å². The molecule has 1 rings (SSSR count). The summed E-state index contributed by atoms with van der Waals surface area (Å²) >= 11 is 0. The number of nitrogens with zero attached hydrogens (tertiary/aromatic N) is 2. The van der Waals surface area contributed by atoms with Crippen LogP contribution in [0.15, 0.2) is 23.5 Å². The van der Waals surface area contributed by atoms with Crippen molar-refractivity contribution in [3.05, 3.63) is 24.0 Å². The summed E-state index contributed by atoms with van der Waals surface area (Å²) in [7, 11) is 3.85. The van der Waals surface area contributed by atoms with Crippen LogP contribution in [-0.4, -0.2) is 23.6 Å². The van der Waals surface area contributed by atoms with Crippen molar-refractivity contribution >= 4 is 5.96 Å². The number of guanidine groups is 1. The summed E-state index contributed by atoms with van der Waals surface area (Å²) < 4.78 is 2.05. The lowest BCUT2D eigenvalue weighted by molar-refractivity contribution is 0.489. The average molecular weight is 264 g/mol. The maximum absolute atomic E-state index is 4.26. The van der Waals surface area contributed by atoms with E-state index in [9.17, 15) is 0 Å². The van der Waals surface area contributed by atoms with Crippen molar-refractivity contribution < 1.29 is 0 Å². The van der Waals surface area contributed by atoms with Crippen LogP contribution in [0, 0.1) is 5.92 Å². The van der Waals surface area contributed by atoms with Crippen LogP contribution in [0.3, 0.4) is 0 Å². The minimum absolute atomic E-state index is 0.448. The zero-order valence-corrected chi connectivity index (χ0v) is 12.9. The fraction of sp³-hybridized carbons (Fsp3) is 0.667. The number of nitrogens with one attached hydrogen (secondary N) is 2. The molecule has 0 saturated carbocycles. The maximum Gasteiger partial charge on any atom is 0.191 e. The van der Waals surface area contributed by atoms with Crippen molar-refractivity contribution in [1.82, 2.24) is 15.2 Å². The summed E-state index contributed by atoms with van der Waals surface area (Å²) in [4.78, 5) is 4.26. The fourth-order valence-corrected chi connectivity index (χ4v) is 1.93. The van der Waals surface area contributed by atoms with Gasteiger partial charge in [-0.2, -0.15) is 0 Å². The van der Waals surface area contributed by atoms with Crippen LogP contribution in [0.2, 0.25) is 0 Å². The minimum Gasteiger partial charge on any atom is -0.357 e. The molecule has 2 N–H and O–H groups in total. The predicted molar refractivity (Wildman–Crippen MR) is 82.3 cm³/mol. The molecule has 1 aromatic heterocycles. The van der Waals surface area contributed by atoms with Gasteiger partial charge in [0.2, 0.25) is 0 Å². The molecule has 0 spiro atoms. The third kappa shape index (κ3) is 6.32. The molecule has 19 heavy (non-hydrogen) atoms. The summed E-state index contributed by atoms with van der Waals surface area (Å²) in [5, 5.41) is 6.77. The molecule has 1 heterocycles. The number of aryl methyl sites for hydroxylation is 1. The van der Waals surface area contributed by atoms with E-state index in [1.54, 1.807) is 0 Å². The van der Waals surface area contributed by atoms with E-state index in [4.69, 9.17) is 0 Å². The van der Waals surface area contributed by atoms with E-state index in [0.29, 0.717) is 6.04 Å². The van der Waals surface area contributed by atoms with Crippen molar-refractivity contribution in [1.29, 1.82) is 0 Å². The zero-order valence-electron chi connectivity index (χ0n) is 12.9. The van der Waals surface area contributed by atoms with Gasteiger partial charge in [-0.25, -0.2) is 0 Å². The second kappa shape index (κ2) is 7.87. The lowest BCUT2D eigenvalue weighted by atomic mass is 10.0. The monoisotopic (exact) mass is 264 g/mol. The van der Waals surface area contributed by atoms with Crippen LogP contribution in [0.4, 0.5) is 0 Å². The van der Waals surface area contributed by atoms with E-state index in [2.05, 4.69) is 59.4 Å². The second-order valence-electron chi connectivity index (χ2n) is 5.63. The molecule has 0 saturated heterocycles. The molecule has 0 aliphatic carbocycles. The van der Waals surface area contributed by atoms with Crippen molar-refractivity contribution in [2.75, 3.05) is 7.05 Å². The minimum atomic E-state index is 0.448. The van der Waals surface area contributed by atoms with Crippen molar-refractivity contribution in [2.45, 2.75) is 46.2 Å². The van der Waals surface area contributed by atoms with Gasteiger partial charge in [-0.05, 0) is 37.3 Å². The predicted octanol–water partition coefficient (Wildman–Crippen LogP) is 2.51. The third-order valence-electron chi connectivity index (χ3n) is 3.14. The highest BCUT2D eigenvalue weighted by Gasteiger charge is 2.06. The Morgan fingerprint density at radius 2 is 2.05 bits per heavy atom. The van der Waals surface area contributed by atoms with E-state index in [1.165, 1.54) is 18.4 Å². The van der Waals surface area contributed by atoms with E-state index in [-0.39, 0.29) is 0 Å². The SMILES string of the molecule is CN=C(NCc1ccn(C)c1)NC(C)CCC(C)C. The molecule has 0 radical (unpaired) electrons. The van der Waals surface area contributed by atoms with E-state index < -0.39 is 0 Å². The summed E-state index contributed by atoms with van der Waals surface area (Å²) in [6, 6.07) is 2.56. The Morgan fingerprint density at radius 1 is 1.32 bits per heavy atom. The molecule has 1 aromatic rings. The highest BCUT2D eigenvalue weighted by molar-refractivity contribution is 5.79. The van der Waals surface area contributed by atoms with Crippen molar-refractivity contribution in [2.24, 2.45) is 18.0 Å². The summed E-state index contributed by atoms with van der Waals surface area (Å²) in [6.07, 6.45) is 6.58. The van der Waals surface area contributed by atoms with Crippen LogP contribution in [0.25, 0.3) is 0 Å². The molecule has 1 atom stereocenters. The van der Waals surface area contributed by atoms with Crippen LogP contribution in [0.5, 0.6) is 0 Å². The molecular formula is C15H28N4. The Morgan fingerprint density at radius 3 is 2.58 bits per heavy atom. The Hall–Kier alpha value is -1.45. The first-order chi connectivity index (χ1) is 9.01. The number of hydrogen-bond donors (Lipinski definition) is 2. The van der Waals surface area contributed by atoms with Crippen LogP contribution in [0.1, 0.15) is 39.2 Å². The molecule has 0 fully saturated rings. The lowest BCUT2D eigenvalue weighted by Crippen LogP contribution is -2.41. The normalized spacial score (nSPS) is 13.7. The molecular weight excluding hydrogens is 236 g/mol. The van der Waals surface area contributed by atoms with E-state index in [0.717, 1.165) is 18.4 Å². The Labute approximate surface area is 117 Å². The third-order valence-corrected chi connectivity index (χ3v) is 3.14. The number of rotatable bonds is 6. The van der Waals surface area contributed by atoms with Gasteiger partial charge in [0, 0.05) is 39.1 Å². The van der Waals surface area contributed by atoms with Crippen molar-refractivity contribution in [3.63, 3.8) is 0 Å². The quantitative estimate of drug-likeness (QED) is 0.612. The number of aromatic nitrogens is 1. The Kier molecular flexibility index (Phi) is 6.46. The average Bonchev–Trinajstić information content (AvgIpc) is 2.77. The molecule has 108 valence electrons. The standard InChI is InChI=1S/C15H28N4/c1-12(2)6-7-13(3)18-15(16-4)17-10-14-8-9-19(5)11-14/h8-9,11-13H,6-7,10H2,1-5H3,(H2,16,17,18). The molecule has 4 heteroatoms. The smallest absolute Gasteiger partial charge is 0.191 e. The summed E-state index contributed by atoms with van der Waals surface area (Å²) in [5.41, 5.74) is 1.26. The van der Waals surface area contributed by atoms with Crippen LogP contribution >= 0.6 is 0 Å². The van der Waals surface area contributed by atoms with E-state index in [1.807, 2.05) is 14.1 Å². The lowest BCUT2D eigenvalue weighted by Gasteiger charge is -2.18. The molecule has 0 aliphatic heterocycles. The highest BCUT2D eigenvalue weighted by atomic mass is 15.2. The first-order valence-corrected chi connectivity index (χ1v) is 7.09. The molecule has 0 bridgehead atoms. The Balaban J connectivity index is 2.33. The van der Waals surface area contributed by atoms with Gasteiger partial charge in [0.25, 0.3) is 0 Å². The second-order valence-corrected chi connectivity index (χ2v) is 5.63. The number of aliphatic imine (C=N–C) groups is 1. The summed E-state index contributed by atoms with van der Waals surface area (Å²) in [5.74, 6) is 1.63. The van der Waals surface area contributed by atoms with E-state index >= 15 is 0 Å². The molecule has 4 nitrogen and oxygen atoms in total. The maximum atomic E-state index is 4.26. The first-order valence-electron chi connectivity index (χ1n) is 7.09. The van der Waals surface area contributed by atoms with Gasteiger partial charge in [0.15, 0.2) is 5.96 Å². The molecule has 0 aromatic carbocycles. The topological polar surface area (TPSA) is 41.4 Å². The van der Waals surface area contributed by atoms with Gasteiger partial charge >= 0.3 is 0 Å². The van der Waals surface area contributed by atoms with Gasteiger partial charge in [0.05, 0.1) is 0 Å². The highest BCUT2D eigenvalue weighted by Crippen LogP contribution is 2.06. The fourth-order valence-electron chi connectivity index (χ4n) is 1.93.